The summed E-state index contributed by atoms with van der Waals surface area (Å²) in [5, 5.41) is 9.89. The Hall–Kier alpha value is 0.650. The number of nitrogens with two attached hydrogens (primary N) is 1. The summed E-state index contributed by atoms with van der Waals surface area (Å²) in [5.74, 6) is -1.98. The van der Waals surface area contributed by atoms with E-state index in [2.05, 4.69) is 0 Å². The van der Waals surface area contributed by atoms with Crippen molar-refractivity contribution in [2.24, 2.45) is 5.73 Å². The van der Waals surface area contributed by atoms with E-state index < -0.39 is 26.9 Å². The van der Waals surface area contributed by atoms with Crippen LogP contribution in [0, 0.1) is 0 Å². The minimum Gasteiger partial charge on any atom is -0.548 e. The van der Waals surface area contributed by atoms with Gasteiger partial charge in [0.2, 0.25) is 0 Å². The largest absolute Gasteiger partial charge is 1.00 e. The molecule has 0 aliphatic heterocycles. The molecular weight excluding hydrogens is 245 g/mol. The Morgan fingerprint density at radius 2 is 1.93 bits per heavy atom. The maximum absolute atomic E-state index is 10.0. The van der Waals surface area contributed by atoms with Crippen LogP contribution in [0.2, 0.25) is 0 Å². The van der Waals surface area contributed by atoms with Crippen LogP contribution in [0.5, 0.6) is 0 Å². The fraction of sp³-hybridized carbons (Fsp3) is 0.750. The van der Waals surface area contributed by atoms with E-state index in [1.165, 1.54) is 0 Å². The Morgan fingerprint density at radius 3 is 2.14 bits per heavy atom. The van der Waals surface area contributed by atoms with Crippen LogP contribution >= 0.6 is 10.8 Å². The smallest absolute Gasteiger partial charge is 0.548 e. The number of carbonyl (C=O) groups excluding carboxylic acids is 1. The maximum atomic E-state index is 10.0. The summed E-state index contributed by atoms with van der Waals surface area (Å²) in [6.45, 7) is 0. The van der Waals surface area contributed by atoms with Crippen molar-refractivity contribution in [1.29, 1.82) is 0 Å². The van der Waals surface area contributed by atoms with Crippen LogP contribution in [0.3, 0.4) is 0 Å². The molecule has 5 N–H and O–H groups in total. The monoisotopic (exact) mass is 257 g/mol. The van der Waals surface area contributed by atoms with E-state index in [4.69, 9.17) is 10.3 Å². The second kappa shape index (κ2) is 10.2. The molecule has 0 aromatic carbocycles. The van der Waals surface area contributed by atoms with Crippen molar-refractivity contribution < 1.29 is 57.9 Å². The Bertz CT molecular complexity index is 242. The molecule has 0 radical (unpaired) electrons. The van der Waals surface area contributed by atoms with Crippen molar-refractivity contribution in [2.75, 3.05) is 5.75 Å². The van der Waals surface area contributed by atoms with Crippen LogP contribution in [0.4, 0.5) is 0 Å². The summed E-state index contributed by atoms with van der Waals surface area (Å²) in [5.41, 5.74) is 4.87. The molecule has 14 heavy (non-hydrogen) atoms. The van der Waals surface area contributed by atoms with Crippen molar-refractivity contribution in [3.05, 3.63) is 0 Å². The molecular formula is C4H12NNaO6S2. The first-order valence-electron chi connectivity index (χ1n) is 2.41. The molecule has 0 unspecified atom stereocenters. The first-order chi connectivity index (χ1) is 4.83. The molecule has 0 aliphatic rings. The van der Waals surface area contributed by atoms with E-state index in [9.17, 15) is 18.3 Å². The van der Waals surface area contributed by atoms with Gasteiger partial charge in [0.25, 0.3) is 0 Å². The van der Waals surface area contributed by atoms with Crippen LogP contribution < -0.4 is 40.4 Å². The molecule has 0 rings (SSSR count). The van der Waals surface area contributed by atoms with E-state index in [-0.39, 0.29) is 53.3 Å². The van der Waals surface area contributed by atoms with Gasteiger partial charge in [-0.2, -0.15) is 8.42 Å². The fourth-order valence-electron chi connectivity index (χ4n) is 0.227. The number of carboxylic acids is 1. The van der Waals surface area contributed by atoms with E-state index in [1.807, 2.05) is 0 Å². The van der Waals surface area contributed by atoms with Crippen LogP contribution in [0.1, 0.15) is 7.43 Å². The van der Waals surface area contributed by atoms with Gasteiger partial charge in [-0.3, -0.25) is 4.55 Å². The third-order valence-electron chi connectivity index (χ3n) is 0.699. The summed E-state index contributed by atoms with van der Waals surface area (Å²) < 4.78 is 28.1. The first-order valence-corrected chi connectivity index (χ1v) is 5.35. The van der Waals surface area contributed by atoms with Crippen molar-refractivity contribution in [3.63, 3.8) is 0 Å². The van der Waals surface area contributed by atoms with Gasteiger partial charge in [0, 0.05) is 5.75 Å². The number of hydrogen-bond donors (Lipinski definition) is 2. The Labute approximate surface area is 108 Å². The van der Waals surface area contributed by atoms with E-state index >= 15 is 0 Å². The fourth-order valence-corrected chi connectivity index (χ4v) is 1.64. The summed E-state index contributed by atoms with van der Waals surface area (Å²) >= 11 is 0. The standard InChI is InChI=1S/C3H7NO5S2.CH4.Na.H2O/c4-2(3(5)6)1-10-11(7,8)9;;;/h2H,1,4H2,(H,5,6)(H,7,8,9);1H4;;1H2/q;;+1;/p-1/t2-;;;/m0.../s1. The normalized spacial score (nSPS) is 11.3. The molecule has 0 aromatic rings. The molecule has 7 nitrogen and oxygen atoms in total. The second-order valence-electron chi connectivity index (χ2n) is 1.64. The number of rotatable bonds is 4. The zero-order chi connectivity index (χ0) is 9.07. The van der Waals surface area contributed by atoms with E-state index in [0.29, 0.717) is 0 Å². The van der Waals surface area contributed by atoms with Crippen molar-refractivity contribution in [1.82, 2.24) is 0 Å². The number of hydrogen-bond acceptors (Lipinski definition) is 6. The summed E-state index contributed by atoms with van der Waals surface area (Å²) in [6.07, 6.45) is 0. The van der Waals surface area contributed by atoms with Crippen LogP contribution in [0.25, 0.3) is 0 Å². The Balaban J connectivity index is -0.000000167. The predicted octanol–water partition coefficient (Wildman–Crippen LogP) is -5.58. The van der Waals surface area contributed by atoms with Crippen molar-refractivity contribution >= 4 is 25.9 Å². The van der Waals surface area contributed by atoms with Gasteiger partial charge < -0.3 is 21.1 Å². The average molecular weight is 257 g/mol. The van der Waals surface area contributed by atoms with E-state index in [0.717, 1.165) is 0 Å². The third-order valence-corrected chi connectivity index (χ3v) is 2.79. The van der Waals surface area contributed by atoms with Crippen LogP contribution in [-0.2, 0) is 13.9 Å². The molecule has 0 aliphatic carbocycles. The van der Waals surface area contributed by atoms with Gasteiger partial charge in [-0.15, -0.1) is 0 Å². The number of carbonyl (C=O) groups is 1. The SMILES string of the molecule is C.N[C@@H](CSS(=O)(=O)O)C(=O)[O-].O.[Na+]. The van der Waals surface area contributed by atoms with Gasteiger partial charge in [0.15, 0.2) is 0 Å². The van der Waals surface area contributed by atoms with E-state index in [1.54, 1.807) is 0 Å². The van der Waals surface area contributed by atoms with Gasteiger partial charge >= 0.3 is 38.7 Å². The van der Waals surface area contributed by atoms with Gasteiger partial charge in [0.1, 0.15) is 0 Å². The van der Waals surface area contributed by atoms with Crippen LogP contribution in [-0.4, -0.2) is 36.2 Å². The van der Waals surface area contributed by atoms with Gasteiger partial charge in [-0.05, 0) is 10.8 Å². The quantitative estimate of drug-likeness (QED) is 0.289. The molecule has 0 aromatic heterocycles. The molecule has 0 saturated carbocycles. The summed E-state index contributed by atoms with van der Waals surface area (Å²) in [7, 11) is -4.16. The minimum absolute atomic E-state index is 0. The Morgan fingerprint density at radius 1 is 1.57 bits per heavy atom. The minimum atomic E-state index is -4.21. The molecule has 0 heterocycles. The van der Waals surface area contributed by atoms with Crippen molar-refractivity contribution in [2.45, 2.75) is 13.5 Å². The Kier molecular flexibility index (Phi) is 17.5. The predicted molar refractivity (Wildman–Crippen MR) is 47.3 cm³/mol. The first kappa shape index (κ1) is 24.1. The summed E-state index contributed by atoms with van der Waals surface area (Å²) in [4.78, 5) is 9.89. The van der Waals surface area contributed by atoms with Gasteiger partial charge in [-0.1, -0.05) is 7.43 Å². The van der Waals surface area contributed by atoms with Gasteiger partial charge in [-0.25, -0.2) is 0 Å². The summed E-state index contributed by atoms with van der Waals surface area (Å²) in [6, 6.07) is -1.39. The molecule has 0 fully saturated rings. The molecule has 0 amide bonds. The molecule has 82 valence electrons. The average Bonchev–Trinajstić information content (AvgIpc) is 1.80. The number of carboxylic acid groups (broad SMARTS) is 1. The zero-order valence-corrected chi connectivity index (χ0v) is 10.4. The topological polar surface area (TPSA) is 152 Å². The molecule has 0 saturated heterocycles. The molecule has 10 heteroatoms. The third kappa shape index (κ3) is 15.1. The maximum Gasteiger partial charge on any atom is 1.00 e. The molecule has 0 bridgehead atoms. The second-order valence-corrected chi connectivity index (χ2v) is 5.03. The zero-order valence-electron chi connectivity index (χ0n) is 6.76. The van der Waals surface area contributed by atoms with Crippen molar-refractivity contribution in [3.8, 4) is 0 Å². The molecule has 1 atom stereocenters. The number of aliphatic carboxylic acids is 1. The molecule has 0 spiro atoms. The van der Waals surface area contributed by atoms with Crippen LogP contribution in [0.15, 0.2) is 0 Å². The van der Waals surface area contributed by atoms with Gasteiger partial charge in [0.05, 0.1) is 12.0 Å².